The highest BCUT2D eigenvalue weighted by molar-refractivity contribution is 5.93. The molecule has 2 heterocycles. The highest BCUT2D eigenvalue weighted by Gasteiger charge is 2.08. The molecule has 0 spiro atoms. The van der Waals surface area contributed by atoms with Crippen LogP contribution < -0.4 is 11.1 Å². The predicted octanol–water partition coefficient (Wildman–Crippen LogP) is 1.91. The molecule has 0 aliphatic heterocycles. The molecular formula is C18H23N5O2. The minimum absolute atomic E-state index is 0.0460. The summed E-state index contributed by atoms with van der Waals surface area (Å²) in [5, 5.41) is 2.83. The number of amides is 2. The Morgan fingerprint density at radius 1 is 1.12 bits per heavy atom. The van der Waals surface area contributed by atoms with Crippen molar-refractivity contribution >= 4 is 17.5 Å². The monoisotopic (exact) mass is 341 g/mol. The predicted molar refractivity (Wildman–Crippen MR) is 97.0 cm³/mol. The van der Waals surface area contributed by atoms with Crippen LogP contribution in [0.3, 0.4) is 0 Å². The summed E-state index contributed by atoms with van der Waals surface area (Å²) in [6.45, 7) is 6.74. The average Bonchev–Trinajstić information content (AvgIpc) is 2.63. The number of nitrogens with two attached hydrogens (primary N) is 1. The highest BCUT2D eigenvalue weighted by Crippen LogP contribution is 2.17. The fourth-order valence-electron chi connectivity index (χ4n) is 2.37. The maximum absolute atomic E-state index is 12.0. The van der Waals surface area contributed by atoms with Gasteiger partial charge in [-0.15, -0.1) is 0 Å². The number of anilines is 1. The van der Waals surface area contributed by atoms with Gasteiger partial charge in [-0.1, -0.05) is 13.8 Å². The lowest BCUT2D eigenvalue weighted by Crippen LogP contribution is -2.27. The largest absolute Gasteiger partial charge is 0.366 e. The Labute approximate surface area is 147 Å². The second-order valence-corrected chi connectivity index (χ2v) is 5.55. The van der Waals surface area contributed by atoms with Crippen molar-refractivity contribution in [2.45, 2.75) is 20.3 Å². The van der Waals surface area contributed by atoms with Crippen LogP contribution in [-0.4, -0.2) is 46.3 Å². The van der Waals surface area contributed by atoms with Gasteiger partial charge in [0.2, 0.25) is 11.8 Å². The molecule has 7 nitrogen and oxygen atoms in total. The van der Waals surface area contributed by atoms with Gasteiger partial charge >= 0.3 is 0 Å². The summed E-state index contributed by atoms with van der Waals surface area (Å²) in [6.07, 6.45) is 3.52. The van der Waals surface area contributed by atoms with Crippen LogP contribution in [0.1, 0.15) is 30.6 Å². The Kier molecular flexibility index (Phi) is 6.59. The van der Waals surface area contributed by atoms with E-state index in [4.69, 9.17) is 5.73 Å². The van der Waals surface area contributed by atoms with Gasteiger partial charge in [-0.2, -0.15) is 0 Å². The molecule has 0 bridgehead atoms. The molecule has 2 rings (SSSR count). The van der Waals surface area contributed by atoms with Crippen molar-refractivity contribution in [3.05, 3.63) is 42.2 Å². The molecule has 2 aromatic heterocycles. The van der Waals surface area contributed by atoms with Crippen LogP contribution in [-0.2, 0) is 4.79 Å². The highest BCUT2D eigenvalue weighted by atomic mass is 16.2. The molecule has 2 amide bonds. The first-order chi connectivity index (χ1) is 12.0. The first-order valence-corrected chi connectivity index (χ1v) is 8.28. The van der Waals surface area contributed by atoms with Crippen molar-refractivity contribution in [2.24, 2.45) is 5.73 Å². The lowest BCUT2D eigenvalue weighted by atomic mass is 10.1. The summed E-state index contributed by atoms with van der Waals surface area (Å²) in [5.74, 6) is -0.559. The van der Waals surface area contributed by atoms with Crippen LogP contribution in [0.15, 0.2) is 36.7 Å². The van der Waals surface area contributed by atoms with E-state index in [9.17, 15) is 9.59 Å². The summed E-state index contributed by atoms with van der Waals surface area (Å²) in [7, 11) is 0. The molecule has 0 aromatic carbocycles. The SMILES string of the molecule is CCN(CC)CCC(=O)Nc1ccc(-c2cc(C(N)=O)ccn2)nc1. The summed E-state index contributed by atoms with van der Waals surface area (Å²) >= 11 is 0. The molecule has 3 N–H and O–H groups in total. The van der Waals surface area contributed by atoms with Crippen LogP contribution in [0.2, 0.25) is 0 Å². The third-order valence-corrected chi connectivity index (χ3v) is 3.90. The molecule has 0 aliphatic carbocycles. The van der Waals surface area contributed by atoms with E-state index < -0.39 is 5.91 Å². The first-order valence-electron chi connectivity index (χ1n) is 8.28. The van der Waals surface area contributed by atoms with E-state index in [0.717, 1.165) is 19.6 Å². The molecule has 25 heavy (non-hydrogen) atoms. The number of nitrogens with one attached hydrogen (secondary N) is 1. The maximum Gasteiger partial charge on any atom is 0.248 e. The number of rotatable bonds is 8. The fourth-order valence-corrected chi connectivity index (χ4v) is 2.37. The number of carbonyl (C=O) groups is 2. The Bertz CT molecular complexity index is 727. The molecule has 0 unspecified atom stereocenters. The second-order valence-electron chi connectivity index (χ2n) is 5.55. The van der Waals surface area contributed by atoms with Gasteiger partial charge in [-0.25, -0.2) is 0 Å². The van der Waals surface area contributed by atoms with Gasteiger partial charge < -0.3 is 16.0 Å². The van der Waals surface area contributed by atoms with E-state index in [1.54, 1.807) is 30.5 Å². The fraction of sp³-hybridized carbons (Fsp3) is 0.333. The van der Waals surface area contributed by atoms with Gasteiger partial charge in [0.05, 0.1) is 23.3 Å². The van der Waals surface area contributed by atoms with Crippen molar-refractivity contribution in [3.63, 3.8) is 0 Å². The quantitative estimate of drug-likeness (QED) is 0.764. The van der Waals surface area contributed by atoms with E-state index in [1.807, 2.05) is 0 Å². The van der Waals surface area contributed by atoms with Gasteiger partial charge in [0.1, 0.15) is 0 Å². The van der Waals surface area contributed by atoms with Gasteiger partial charge in [0.25, 0.3) is 0 Å². The van der Waals surface area contributed by atoms with E-state index in [0.29, 0.717) is 29.1 Å². The third kappa shape index (κ3) is 5.36. The first kappa shape index (κ1) is 18.5. The molecular weight excluding hydrogens is 318 g/mol. The van der Waals surface area contributed by atoms with E-state index in [-0.39, 0.29) is 5.91 Å². The number of pyridine rings is 2. The van der Waals surface area contributed by atoms with Crippen molar-refractivity contribution < 1.29 is 9.59 Å². The standard InChI is InChI=1S/C18H23N5O2/c1-3-23(4-2)10-8-17(24)22-14-5-6-15(21-12-14)16-11-13(18(19)25)7-9-20-16/h5-7,9,11-12H,3-4,8,10H2,1-2H3,(H2,19,25)(H,22,24). The van der Waals surface area contributed by atoms with Gasteiger partial charge in [0.15, 0.2) is 0 Å². The van der Waals surface area contributed by atoms with Crippen LogP contribution in [0, 0.1) is 0 Å². The Hall–Kier alpha value is -2.80. The van der Waals surface area contributed by atoms with Crippen molar-refractivity contribution in [1.82, 2.24) is 14.9 Å². The zero-order valence-electron chi connectivity index (χ0n) is 14.5. The number of carbonyl (C=O) groups excluding carboxylic acids is 2. The Balaban J connectivity index is 1.99. The third-order valence-electron chi connectivity index (χ3n) is 3.90. The van der Waals surface area contributed by atoms with Gasteiger partial charge in [-0.05, 0) is 37.4 Å². The zero-order chi connectivity index (χ0) is 18.2. The van der Waals surface area contributed by atoms with Crippen LogP contribution in [0.5, 0.6) is 0 Å². The van der Waals surface area contributed by atoms with Crippen molar-refractivity contribution in [2.75, 3.05) is 25.0 Å². The topological polar surface area (TPSA) is 101 Å². The molecule has 0 radical (unpaired) electrons. The molecule has 0 atom stereocenters. The Morgan fingerprint density at radius 3 is 2.48 bits per heavy atom. The number of hydrogen-bond acceptors (Lipinski definition) is 5. The zero-order valence-corrected chi connectivity index (χ0v) is 14.5. The molecule has 0 saturated heterocycles. The number of primary amides is 1. The van der Waals surface area contributed by atoms with Gasteiger partial charge in [0, 0.05) is 24.7 Å². The second kappa shape index (κ2) is 8.89. The van der Waals surface area contributed by atoms with Gasteiger partial charge in [-0.3, -0.25) is 19.6 Å². The normalized spacial score (nSPS) is 10.7. The minimum atomic E-state index is -0.513. The molecule has 0 aliphatic rings. The average molecular weight is 341 g/mol. The Morgan fingerprint density at radius 2 is 1.88 bits per heavy atom. The molecule has 0 saturated carbocycles. The summed E-state index contributed by atoms with van der Waals surface area (Å²) in [6, 6.07) is 6.65. The summed E-state index contributed by atoms with van der Waals surface area (Å²) < 4.78 is 0. The van der Waals surface area contributed by atoms with E-state index in [1.165, 1.54) is 6.20 Å². The maximum atomic E-state index is 12.0. The summed E-state index contributed by atoms with van der Waals surface area (Å²) in [4.78, 5) is 33.9. The lowest BCUT2D eigenvalue weighted by Gasteiger charge is -2.17. The van der Waals surface area contributed by atoms with Crippen LogP contribution in [0.25, 0.3) is 11.4 Å². The lowest BCUT2D eigenvalue weighted by molar-refractivity contribution is -0.116. The molecule has 0 fully saturated rings. The molecule has 2 aromatic rings. The van der Waals surface area contributed by atoms with E-state index in [2.05, 4.69) is 34.0 Å². The van der Waals surface area contributed by atoms with E-state index >= 15 is 0 Å². The van der Waals surface area contributed by atoms with Crippen LogP contribution in [0.4, 0.5) is 5.69 Å². The minimum Gasteiger partial charge on any atom is -0.366 e. The molecule has 7 heteroatoms. The smallest absolute Gasteiger partial charge is 0.248 e. The van der Waals surface area contributed by atoms with Crippen molar-refractivity contribution in [1.29, 1.82) is 0 Å². The number of aromatic nitrogens is 2. The number of hydrogen-bond donors (Lipinski definition) is 2. The summed E-state index contributed by atoms with van der Waals surface area (Å²) in [5.41, 5.74) is 7.42. The molecule has 132 valence electrons. The van der Waals surface area contributed by atoms with Crippen molar-refractivity contribution in [3.8, 4) is 11.4 Å². The van der Waals surface area contributed by atoms with Crippen LogP contribution >= 0.6 is 0 Å². The number of nitrogens with zero attached hydrogens (tertiary/aromatic N) is 3.